The molecular formula is C48H50N2. The molecule has 2 fully saturated rings. The van der Waals surface area contributed by atoms with Crippen molar-refractivity contribution in [3.8, 4) is 0 Å². The van der Waals surface area contributed by atoms with Gasteiger partial charge in [-0.15, -0.1) is 0 Å². The van der Waals surface area contributed by atoms with Gasteiger partial charge in [0.2, 0.25) is 0 Å². The summed E-state index contributed by atoms with van der Waals surface area (Å²) < 4.78 is 0. The van der Waals surface area contributed by atoms with Gasteiger partial charge in [-0.25, -0.2) is 0 Å². The molecule has 2 heteroatoms. The SMILES string of the molecule is C1=CCCC(C2=CC(c3ccccc3)CC(N3C4C=CC(C5C=C6C(=CC5)N(C5=CC=CCC5)C5CCC=CC65)=CC4C4C=CCCC43)=C2)=C1. The molecule has 1 aromatic carbocycles. The van der Waals surface area contributed by atoms with Crippen molar-refractivity contribution in [1.29, 1.82) is 0 Å². The Morgan fingerprint density at radius 2 is 1.52 bits per heavy atom. The van der Waals surface area contributed by atoms with Crippen LogP contribution in [0.5, 0.6) is 0 Å². The maximum Gasteiger partial charge on any atom is 0.0545 e. The molecule has 8 atom stereocenters. The second kappa shape index (κ2) is 12.8. The lowest BCUT2D eigenvalue weighted by Gasteiger charge is -2.39. The number of allylic oxidation sites excluding steroid dienone is 19. The first-order chi connectivity index (χ1) is 24.8. The molecule has 0 radical (unpaired) electrons. The largest absolute Gasteiger partial charge is 0.364 e. The molecule has 0 saturated carbocycles. The summed E-state index contributed by atoms with van der Waals surface area (Å²) in [6.07, 6.45) is 54.0. The summed E-state index contributed by atoms with van der Waals surface area (Å²) >= 11 is 0. The van der Waals surface area contributed by atoms with E-state index in [0.29, 0.717) is 47.7 Å². The molecule has 2 aliphatic heterocycles. The lowest BCUT2D eigenvalue weighted by molar-refractivity contribution is 0.239. The Labute approximate surface area is 299 Å². The molecular weight excluding hydrogens is 605 g/mol. The second-order valence-electron chi connectivity index (χ2n) is 15.9. The van der Waals surface area contributed by atoms with Gasteiger partial charge in [0.15, 0.2) is 0 Å². The Morgan fingerprint density at radius 1 is 0.680 bits per heavy atom. The number of nitrogens with zero attached hydrogens (tertiary/aromatic N) is 2. The number of hydrogen-bond donors (Lipinski definition) is 0. The maximum absolute atomic E-state index is 2.90. The van der Waals surface area contributed by atoms with E-state index >= 15 is 0 Å². The molecule has 50 heavy (non-hydrogen) atoms. The molecule has 2 heterocycles. The van der Waals surface area contributed by atoms with E-state index in [1.165, 1.54) is 53.8 Å². The fourth-order valence-corrected chi connectivity index (χ4v) is 10.9. The number of rotatable bonds is 5. The van der Waals surface area contributed by atoms with Crippen molar-refractivity contribution in [3.63, 3.8) is 0 Å². The Bertz CT molecular complexity index is 1910. The third kappa shape index (κ3) is 5.21. The van der Waals surface area contributed by atoms with Gasteiger partial charge >= 0.3 is 0 Å². The Morgan fingerprint density at radius 3 is 2.36 bits per heavy atom. The molecule has 1 aromatic rings. The van der Waals surface area contributed by atoms with E-state index < -0.39 is 0 Å². The van der Waals surface area contributed by atoms with Gasteiger partial charge in [0.1, 0.15) is 0 Å². The van der Waals surface area contributed by atoms with Crippen molar-refractivity contribution >= 4 is 0 Å². The third-order valence-electron chi connectivity index (χ3n) is 13.2. The van der Waals surface area contributed by atoms with Crippen molar-refractivity contribution < 1.29 is 0 Å². The summed E-state index contributed by atoms with van der Waals surface area (Å²) in [5.41, 5.74) is 12.1. The lowest BCUT2D eigenvalue weighted by atomic mass is 9.76. The maximum atomic E-state index is 2.90. The van der Waals surface area contributed by atoms with E-state index in [0.717, 1.165) is 38.5 Å². The second-order valence-corrected chi connectivity index (χ2v) is 15.9. The van der Waals surface area contributed by atoms with Gasteiger partial charge in [0.25, 0.3) is 0 Å². The summed E-state index contributed by atoms with van der Waals surface area (Å²) in [6, 6.07) is 12.8. The van der Waals surface area contributed by atoms with Crippen LogP contribution in [0.3, 0.4) is 0 Å². The fraction of sp³-hybridized carbons (Fsp3) is 0.375. The summed E-state index contributed by atoms with van der Waals surface area (Å²) in [4.78, 5) is 5.65. The van der Waals surface area contributed by atoms with Crippen LogP contribution in [0, 0.1) is 23.7 Å². The van der Waals surface area contributed by atoms with E-state index in [-0.39, 0.29) is 0 Å². The highest BCUT2D eigenvalue weighted by atomic mass is 15.2. The van der Waals surface area contributed by atoms with Crippen molar-refractivity contribution in [2.45, 2.75) is 88.3 Å². The molecule has 0 spiro atoms. The lowest BCUT2D eigenvalue weighted by Crippen LogP contribution is -2.38. The van der Waals surface area contributed by atoms with E-state index in [1.807, 2.05) is 0 Å². The molecule has 2 nitrogen and oxygen atoms in total. The monoisotopic (exact) mass is 654 g/mol. The number of fused-ring (bicyclic) bond motifs is 6. The van der Waals surface area contributed by atoms with Crippen LogP contribution in [0.25, 0.3) is 0 Å². The minimum atomic E-state index is 0.409. The van der Waals surface area contributed by atoms with E-state index in [2.05, 4.69) is 143 Å². The molecule has 7 aliphatic carbocycles. The minimum absolute atomic E-state index is 0.409. The van der Waals surface area contributed by atoms with Crippen molar-refractivity contribution in [2.24, 2.45) is 23.7 Å². The van der Waals surface area contributed by atoms with Gasteiger partial charge in [-0.05, 0) is 104 Å². The fourth-order valence-electron chi connectivity index (χ4n) is 10.9. The van der Waals surface area contributed by atoms with Crippen LogP contribution >= 0.6 is 0 Å². The molecule has 2 saturated heterocycles. The molecule has 0 aromatic heterocycles. The van der Waals surface area contributed by atoms with Crippen molar-refractivity contribution in [1.82, 2.24) is 9.80 Å². The summed E-state index contributed by atoms with van der Waals surface area (Å²) in [5, 5.41) is 0. The summed E-state index contributed by atoms with van der Waals surface area (Å²) in [7, 11) is 0. The highest BCUT2D eigenvalue weighted by Gasteiger charge is 2.49. The molecule has 252 valence electrons. The quantitative estimate of drug-likeness (QED) is 0.292. The predicted octanol–water partition coefficient (Wildman–Crippen LogP) is 11.1. The Hall–Kier alpha value is -4.30. The van der Waals surface area contributed by atoms with Crippen molar-refractivity contribution in [2.75, 3.05) is 0 Å². The van der Waals surface area contributed by atoms with E-state index in [1.54, 1.807) is 16.8 Å². The Balaban J connectivity index is 0.973. The van der Waals surface area contributed by atoms with Crippen LogP contribution in [0.4, 0.5) is 0 Å². The van der Waals surface area contributed by atoms with Crippen LogP contribution < -0.4 is 0 Å². The van der Waals surface area contributed by atoms with Crippen molar-refractivity contribution in [3.05, 3.63) is 179 Å². The first-order valence-electron chi connectivity index (χ1n) is 19.7. The zero-order valence-electron chi connectivity index (χ0n) is 29.3. The normalized spacial score (nSPS) is 35.2. The van der Waals surface area contributed by atoms with Gasteiger partial charge in [-0.1, -0.05) is 121 Å². The minimum Gasteiger partial charge on any atom is -0.364 e. The van der Waals surface area contributed by atoms with Crippen LogP contribution in [-0.2, 0) is 0 Å². The number of likely N-dealkylation sites (tertiary alicyclic amines) is 2. The zero-order chi connectivity index (χ0) is 33.0. The van der Waals surface area contributed by atoms with Gasteiger partial charge in [0.05, 0.1) is 6.04 Å². The third-order valence-corrected chi connectivity index (χ3v) is 13.2. The highest BCUT2D eigenvalue weighted by molar-refractivity contribution is 5.52. The van der Waals surface area contributed by atoms with Gasteiger partial charge in [-0.2, -0.15) is 0 Å². The summed E-state index contributed by atoms with van der Waals surface area (Å²) in [6.45, 7) is 0. The number of hydrogen-bond acceptors (Lipinski definition) is 2. The average molecular weight is 655 g/mol. The van der Waals surface area contributed by atoms with Crippen LogP contribution in [-0.4, -0.2) is 27.9 Å². The molecule has 8 unspecified atom stereocenters. The average Bonchev–Trinajstić information content (AvgIpc) is 3.71. The topological polar surface area (TPSA) is 6.48 Å². The van der Waals surface area contributed by atoms with E-state index in [4.69, 9.17) is 0 Å². The molecule has 9 aliphatic rings. The molecule has 0 amide bonds. The standard InChI is InChI=1S/C48H50N2/c1-4-14-33(15-5-1)37-28-38(34-16-6-2-7-17-34)30-40(29-37)50-46-23-13-11-21-42(46)44-32-36(25-27-48(44)50)35-24-26-47-43(31-35)41-20-10-12-22-45(41)49(47)39-18-8-3-9-19-39/h1-6,8,10-11,14-16,18,20-21,25-28,30-32,35,37,41-42,44-46,48H,7,9,12-13,17,19,22-24,29H2. The smallest absolute Gasteiger partial charge is 0.0545 e. The predicted molar refractivity (Wildman–Crippen MR) is 207 cm³/mol. The molecule has 0 N–H and O–H groups in total. The first-order valence-corrected chi connectivity index (χ1v) is 19.7. The molecule has 0 bridgehead atoms. The van der Waals surface area contributed by atoms with E-state index in [9.17, 15) is 0 Å². The van der Waals surface area contributed by atoms with Crippen LogP contribution in [0.15, 0.2) is 173 Å². The Kier molecular flexibility index (Phi) is 7.81. The number of benzene rings is 1. The first kappa shape index (κ1) is 30.5. The zero-order valence-corrected chi connectivity index (χ0v) is 29.3. The van der Waals surface area contributed by atoms with Gasteiger partial charge in [-0.3, -0.25) is 0 Å². The van der Waals surface area contributed by atoms with Gasteiger partial charge in [0, 0.05) is 58.8 Å². The van der Waals surface area contributed by atoms with Gasteiger partial charge < -0.3 is 9.80 Å². The van der Waals surface area contributed by atoms with Crippen LogP contribution in [0.2, 0.25) is 0 Å². The molecule has 10 rings (SSSR count). The van der Waals surface area contributed by atoms with Crippen LogP contribution in [0.1, 0.15) is 75.7 Å². The summed E-state index contributed by atoms with van der Waals surface area (Å²) in [5.74, 6) is 2.47. The highest BCUT2D eigenvalue weighted by Crippen LogP contribution is 2.52.